The Hall–Kier alpha value is -3.15. The predicted octanol–water partition coefficient (Wildman–Crippen LogP) is 19.0. The molecule has 67 heavy (non-hydrogen) atoms. The fourth-order valence-corrected chi connectivity index (χ4v) is 7.93. The normalized spacial score (nSPS) is 12.6. The highest BCUT2D eigenvalue weighted by Crippen LogP contribution is 2.15. The van der Waals surface area contributed by atoms with Gasteiger partial charge in [-0.3, -0.25) is 14.4 Å². The standard InChI is InChI=1S/C61H106O6/c1-4-7-10-13-16-19-22-25-27-29-30-32-33-36-39-42-45-48-51-54-60(63)66-57-58(56-65-59(62)53-50-47-44-41-38-35-24-21-18-15-12-9-6-3)67-61(64)55-52-49-46-43-40-37-34-31-28-26-23-20-17-14-11-8-5-2/h7,10,16,19,25-28,30,32,36,39,58H,4-6,8-9,11-15,17-18,20-24,29,31,33-35,37-38,40-57H2,1-3H3/b10-7+,19-16+,27-25+,28-26+,32-30+,39-36+/t58-/m1/s1. The highest BCUT2D eigenvalue weighted by Gasteiger charge is 2.19. The molecular weight excluding hydrogens is 829 g/mol. The van der Waals surface area contributed by atoms with E-state index in [0.717, 1.165) is 96.3 Å². The second kappa shape index (κ2) is 55.4. The Kier molecular flexibility index (Phi) is 52.8. The summed E-state index contributed by atoms with van der Waals surface area (Å²) in [4.78, 5) is 38.1. The van der Waals surface area contributed by atoms with Crippen LogP contribution in [0.2, 0.25) is 0 Å². The molecule has 0 saturated heterocycles. The van der Waals surface area contributed by atoms with Crippen molar-refractivity contribution in [3.05, 3.63) is 72.9 Å². The van der Waals surface area contributed by atoms with E-state index >= 15 is 0 Å². The minimum absolute atomic E-state index is 0.0855. The molecule has 0 saturated carbocycles. The summed E-state index contributed by atoms with van der Waals surface area (Å²) in [6.45, 7) is 6.51. The number of esters is 3. The maximum atomic E-state index is 12.8. The van der Waals surface area contributed by atoms with Crippen molar-refractivity contribution in [2.75, 3.05) is 13.2 Å². The lowest BCUT2D eigenvalue weighted by atomic mass is 10.0. The Bertz CT molecular complexity index is 1260. The van der Waals surface area contributed by atoms with Crippen molar-refractivity contribution >= 4 is 17.9 Å². The van der Waals surface area contributed by atoms with Crippen LogP contribution in [-0.4, -0.2) is 37.2 Å². The van der Waals surface area contributed by atoms with Crippen molar-refractivity contribution < 1.29 is 28.6 Å². The van der Waals surface area contributed by atoms with Crippen molar-refractivity contribution in [1.29, 1.82) is 0 Å². The van der Waals surface area contributed by atoms with E-state index in [1.54, 1.807) is 0 Å². The zero-order chi connectivity index (χ0) is 48.6. The largest absolute Gasteiger partial charge is 0.462 e. The van der Waals surface area contributed by atoms with Crippen molar-refractivity contribution in [3.8, 4) is 0 Å². The summed E-state index contributed by atoms with van der Waals surface area (Å²) in [6.07, 6.45) is 70.3. The molecule has 0 aromatic rings. The molecule has 0 aliphatic carbocycles. The van der Waals surface area contributed by atoms with Gasteiger partial charge in [0.05, 0.1) is 0 Å². The maximum absolute atomic E-state index is 12.8. The van der Waals surface area contributed by atoms with Crippen LogP contribution in [0.5, 0.6) is 0 Å². The molecule has 6 nitrogen and oxygen atoms in total. The fourth-order valence-electron chi connectivity index (χ4n) is 7.93. The number of ether oxygens (including phenoxy) is 3. The van der Waals surface area contributed by atoms with E-state index in [1.807, 2.05) is 0 Å². The van der Waals surface area contributed by atoms with Crippen LogP contribution in [0, 0.1) is 0 Å². The van der Waals surface area contributed by atoms with Gasteiger partial charge in [0.2, 0.25) is 0 Å². The van der Waals surface area contributed by atoms with Gasteiger partial charge in [-0.1, -0.05) is 241 Å². The summed E-state index contributed by atoms with van der Waals surface area (Å²) in [5.41, 5.74) is 0. The third-order valence-corrected chi connectivity index (χ3v) is 12.2. The Morgan fingerprint density at radius 3 is 0.940 bits per heavy atom. The van der Waals surface area contributed by atoms with Gasteiger partial charge in [0, 0.05) is 19.3 Å². The lowest BCUT2D eigenvalue weighted by Gasteiger charge is -2.18. The first-order chi connectivity index (χ1) is 33.0. The molecule has 0 amide bonds. The zero-order valence-electron chi connectivity index (χ0n) is 44.2. The lowest BCUT2D eigenvalue weighted by Crippen LogP contribution is -2.30. The van der Waals surface area contributed by atoms with E-state index in [1.165, 1.54) is 141 Å². The molecule has 0 fully saturated rings. The number of carbonyl (C=O) groups is 3. The highest BCUT2D eigenvalue weighted by atomic mass is 16.6. The number of rotatable bonds is 51. The lowest BCUT2D eigenvalue weighted by molar-refractivity contribution is -0.167. The van der Waals surface area contributed by atoms with Gasteiger partial charge < -0.3 is 14.2 Å². The molecule has 0 radical (unpaired) electrons. The number of hydrogen-bond donors (Lipinski definition) is 0. The first-order valence-electron chi connectivity index (χ1n) is 28.4. The molecule has 0 aromatic carbocycles. The van der Waals surface area contributed by atoms with Gasteiger partial charge in [0.15, 0.2) is 6.10 Å². The zero-order valence-corrected chi connectivity index (χ0v) is 44.2. The first-order valence-corrected chi connectivity index (χ1v) is 28.4. The molecule has 386 valence electrons. The van der Waals surface area contributed by atoms with Gasteiger partial charge in [0.1, 0.15) is 13.2 Å². The topological polar surface area (TPSA) is 78.9 Å². The Morgan fingerprint density at radius 2 is 0.582 bits per heavy atom. The Labute approximate surface area is 414 Å². The van der Waals surface area contributed by atoms with E-state index in [2.05, 4.69) is 93.7 Å². The summed E-state index contributed by atoms with van der Waals surface area (Å²) >= 11 is 0. The summed E-state index contributed by atoms with van der Waals surface area (Å²) < 4.78 is 16.8. The van der Waals surface area contributed by atoms with Crippen LogP contribution in [-0.2, 0) is 28.6 Å². The van der Waals surface area contributed by atoms with E-state index in [9.17, 15) is 14.4 Å². The second-order valence-corrected chi connectivity index (χ2v) is 18.8. The van der Waals surface area contributed by atoms with E-state index in [-0.39, 0.29) is 31.1 Å². The quantitative estimate of drug-likeness (QED) is 0.0262. The van der Waals surface area contributed by atoms with Gasteiger partial charge in [-0.05, 0) is 89.9 Å². The maximum Gasteiger partial charge on any atom is 0.306 e. The van der Waals surface area contributed by atoms with Gasteiger partial charge >= 0.3 is 17.9 Å². The summed E-state index contributed by atoms with van der Waals surface area (Å²) in [5, 5.41) is 0. The highest BCUT2D eigenvalue weighted by molar-refractivity contribution is 5.71. The van der Waals surface area contributed by atoms with Crippen LogP contribution < -0.4 is 0 Å². The van der Waals surface area contributed by atoms with Gasteiger partial charge in [0.25, 0.3) is 0 Å². The molecule has 0 bridgehead atoms. The van der Waals surface area contributed by atoms with Gasteiger partial charge in [-0.2, -0.15) is 0 Å². The number of unbranched alkanes of at least 4 members (excludes halogenated alkanes) is 28. The van der Waals surface area contributed by atoms with E-state index in [0.29, 0.717) is 19.3 Å². The molecule has 0 unspecified atom stereocenters. The minimum Gasteiger partial charge on any atom is -0.462 e. The molecular formula is C61H106O6. The number of allylic oxidation sites excluding steroid dienone is 12. The first kappa shape index (κ1) is 63.8. The number of hydrogen-bond acceptors (Lipinski definition) is 6. The molecule has 0 aromatic heterocycles. The van der Waals surface area contributed by atoms with Crippen LogP contribution in [0.3, 0.4) is 0 Å². The fraction of sp³-hybridized carbons (Fsp3) is 0.754. The molecule has 0 N–H and O–H groups in total. The average Bonchev–Trinajstić information content (AvgIpc) is 3.33. The van der Waals surface area contributed by atoms with Crippen molar-refractivity contribution in [2.45, 2.75) is 284 Å². The molecule has 0 spiro atoms. The van der Waals surface area contributed by atoms with Crippen molar-refractivity contribution in [2.24, 2.45) is 0 Å². The SMILES string of the molecule is CC/C=C/C/C=C/C/C=C/C/C=C/C/C=C/CCCCCC(=O)OC[C@@H](COC(=O)CCCCCCCCCCCCCCC)OC(=O)CCCCCCCCC/C=C/CCCCCCCC. The minimum atomic E-state index is -0.790. The van der Waals surface area contributed by atoms with Crippen LogP contribution in [0.15, 0.2) is 72.9 Å². The monoisotopic (exact) mass is 935 g/mol. The Balaban J connectivity index is 4.43. The van der Waals surface area contributed by atoms with Crippen molar-refractivity contribution in [1.82, 2.24) is 0 Å². The molecule has 1 atom stereocenters. The molecule has 0 heterocycles. The molecule has 0 rings (SSSR count). The van der Waals surface area contributed by atoms with Crippen LogP contribution in [0.1, 0.15) is 278 Å². The third-order valence-electron chi connectivity index (χ3n) is 12.2. The van der Waals surface area contributed by atoms with Gasteiger partial charge in [-0.15, -0.1) is 0 Å². The van der Waals surface area contributed by atoms with Crippen LogP contribution in [0.4, 0.5) is 0 Å². The molecule has 6 heteroatoms. The van der Waals surface area contributed by atoms with Crippen LogP contribution >= 0.6 is 0 Å². The molecule has 0 aliphatic heterocycles. The van der Waals surface area contributed by atoms with E-state index in [4.69, 9.17) is 14.2 Å². The summed E-state index contributed by atoms with van der Waals surface area (Å²) in [7, 11) is 0. The van der Waals surface area contributed by atoms with Crippen molar-refractivity contribution in [3.63, 3.8) is 0 Å². The Morgan fingerprint density at radius 1 is 0.313 bits per heavy atom. The number of carbonyl (C=O) groups excluding carboxylic acids is 3. The predicted molar refractivity (Wildman–Crippen MR) is 288 cm³/mol. The van der Waals surface area contributed by atoms with Crippen LogP contribution in [0.25, 0.3) is 0 Å². The van der Waals surface area contributed by atoms with Gasteiger partial charge in [-0.25, -0.2) is 0 Å². The second-order valence-electron chi connectivity index (χ2n) is 18.8. The smallest absolute Gasteiger partial charge is 0.306 e. The molecule has 0 aliphatic rings. The van der Waals surface area contributed by atoms with E-state index < -0.39 is 6.10 Å². The summed E-state index contributed by atoms with van der Waals surface area (Å²) in [5.74, 6) is -0.915. The average molecular weight is 936 g/mol. The summed E-state index contributed by atoms with van der Waals surface area (Å²) in [6, 6.07) is 0. The third kappa shape index (κ3) is 53.7.